The Kier molecular flexibility index (Phi) is 2.63. The molecule has 2 aliphatic rings. The Balaban J connectivity index is 2.08. The van der Waals surface area contributed by atoms with Gasteiger partial charge in [0.2, 0.25) is 0 Å². The normalized spacial score (nSPS) is 39.9. The molecule has 2 aliphatic heterocycles. The lowest BCUT2D eigenvalue weighted by molar-refractivity contribution is 0.00187. The second-order valence-corrected chi connectivity index (χ2v) is 6.44. The van der Waals surface area contributed by atoms with Crippen molar-refractivity contribution in [1.29, 1.82) is 0 Å². The summed E-state index contributed by atoms with van der Waals surface area (Å²) in [7, 11) is 2.34. The zero-order valence-corrected chi connectivity index (χ0v) is 10.2. The highest BCUT2D eigenvalue weighted by atomic mass is 15.2. The fraction of sp³-hybridized carbons (Fsp3) is 1.00. The second kappa shape index (κ2) is 3.52. The van der Waals surface area contributed by atoms with Gasteiger partial charge in [-0.3, -0.25) is 0 Å². The molecule has 1 unspecified atom stereocenters. The first-order valence-electron chi connectivity index (χ1n) is 6.20. The third kappa shape index (κ3) is 1.84. The molecule has 2 fully saturated rings. The molecule has 0 saturated carbocycles. The molecule has 0 amide bonds. The van der Waals surface area contributed by atoms with Gasteiger partial charge in [0.05, 0.1) is 0 Å². The lowest BCUT2D eigenvalue weighted by Crippen LogP contribution is -2.51. The van der Waals surface area contributed by atoms with Gasteiger partial charge in [-0.15, -0.1) is 0 Å². The Morgan fingerprint density at radius 3 is 1.93 bits per heavy atom. The number of hydrogen-bond acceptors (Lipinski definition) is 1. The standard InChI is InChI=1S/C13H25N/c1-13(2,3)10-8-11-6-5-7-12(9-10)14(11)4/h10-12H,5-9H2,1-4H3/t10?,11-,12+. The molecule has 14 heavy (non-hydrogen) atoms. The molecule has 0 radical (unpaired) electrons. The number of hydrogen-bond donors (Lipinski definition) is 0. The van der Waals surface area contributed by atoms with E-state index in [1.807, 2.05) is 0 Å². The van der Waals surface area contributed by atoms with E-state index in [9.17, 15) is 0 Å². The average Bonchev–Trinajstić information content (AvgIpc) is 2.00. The molecule has 2 rings (SSSR count). The van der Waals surface area contributed by atoms with Crippen molar-refractivity contribution >= 4 is 0 Å². The van der Waals surface area contributed by atoms with Crippen LogP contribution in [-0.2, 0) is 0 Å². The van der Waals surface area contributed by atoms with Crippen molar-refractivity contribution in [2.45, 2.75) is 65.0 Å². The van der Waals surface area contributed by atoms with E-state index in [4.69, 9.17) is 0 Å². The van der Waals surface area contributed by atoms with Gasteiger partial charge in [0.25, 0.3) is 0 Å². The maximum Gasteiger partial charge on any atom is 0.00980 e. The van der Waals surface area contributed by atoms with Gasteiger partial charge in [-0.2, -0.15) is 0 Å². The third-order valence-electron chi connectivity index (χ3n) is 4.56. The molecule has 2 saturated heterocycles. The minimum absolute atomic E-state index is 0.523. The van der Waals surface area contributed by atoms with E-state index < -0.39 is 0 Å². The van der Waals surface area contributed by atoms with Crippen LogP contribution in [0.3, 0.4) is 0 Å². The fourth-order valence-corrected chi connectivity index (χ4v) is 3.32. The lowest BCUT2D eigenvalue weighted by atomic mass is 9.68. The summed E-state index contributed by atoms with van der Waals surface area (Å²) in [4.78, 5) is 2.66. The summed E-state index contributed by atoms with van der Waals surface area (Å²) in [6.07, 6.45) is 7.24. The van der Waals surface area contributed by atoms with Crippen LogP contribution in [0, 0.1) is 11.3 Å². The highest BCUT2D eigenvalue weighted by Crippen LogP contribution is 2.43. The van der Waals surface area contributed by atoms with Gasteiger partial charge in [-0.05, 0) is 44.1 Å². The minimum atomic E-state index is 0.523. The van der Waals surface area contributed by atoms with Crippen LogP contribution in [0.2, 0.25) is 0 Å². The Morgan fingerprint density at radius 1 is 1.00 bits per heavy atom. The molecule has 0 N–H and O–H groups in total. The molecule has 1 heteroatoms. The first kappa shape index (κ1) is 10.5. The molecule has 0 aromatic carbocycles. The summed E-state index contributed by atoms with van der Waals surface area (Å²) in [6.45, 7) is 7.25. The predicted octanol–water partition coefficient (Wildman–Crippen LogP) is 3.30. The van der Waals surface area contributed by atoms with E-state index in [2.05, 4.69) is 32.7 Å². The Labute approximate surface area is 88.9 Å². The predicted molar refractivity (Wildman–Crippen MR) is 61.4 cm³/mol. The van der Waals surface area contributed by atoms with Crippen LogP contribution in [0.15, 0.2) is 0 Å². The van der Waals surface area contributed by atoms with Crippen LogP contribution in [0.25, 0.3) is 0 Å². The van der Waals surface area contributed by atoms with E-state index in [-0.39, 0.29) is 0 Å². The summed E-state index contributed by atoms with van der Waals surface area (Å²) in [5, 5.41) is 0. The first-order chi connectivity index (χ1) is 6.48. The highest BCUT2D eigenvalue weighted by Gasteiger charge is 2.39. The monoisotopic (exact) mass is 195 g/mol. The topological polar surface area (TPSA) is 3.24 Å². The Morgan fingerprint density at radius 2 is 1.50 bits per heavy atom. The highest BCUT2D eigenvalue weighted by molar-refractivity contribution is 4.93. The van der Waals surface area contributed by atoms with E-state index in [1.165, 1.54) is 32.1 Å². The van der Waals surface area contributed by atoms with Crippen LogP contribution >= 0.6 is 0 Å². The van der Waals surface area contributed by atoms with Gasteiger partial charge < -0.3 is 4.90 Å². The van der Waals surface area contributed by atoms with Crippen molar-refractivity contribution in [2.24, 2.45) is 11.3 Å². The van der Waals surface area contributed by atoms with E-state index >= 15 is 0 Å². The summed E-state index contributed by atoms with van der Waals surface area (Å²) in [5.41, 5.74) is 0.523. The van der Waals surface area contributed by atoms with E-state index in [0.717, 1.165) is 18.0 Å². The maximum atomic E-state index is 2.66. The van der Waals surface area contributed by atoms with Gasteiger partial charge in [0, 0.05) is 12.1 Å². The number of nitrogens with zero attached hydrogens (tertiary/aromatic N) is 1. The molecule has 0 aromatic rings. The minimum Gasteiger partial charge on any atom is -0.300 e. The quantitative estimate of drug-likeness (QED) is 0.573. The molecule has 0 aliphatic carbocycles. The smallest absolute Gasteiger partial charge is 0.00980 e. The summed E-state index contributed by atoms with van der Waals surface area (Å²) in [6, 6.07) is 1.79. The summed E-state index contributed by atoms with van der Waals surface area (Å²) in [5.74, 6) is 0.953. The largest absolute Gasteiger partial charge is 0.300 e. The van der Waals surface area contributed by atoms with Crippen molar-refractivity contribution < 1.29 is 0 Å². The molecule has 3 atom stereocenters. The second-order valence-electron chi connectivity index (χ2n) is 6.44. The Hall–Kier alpha value is -0.0400. The first-order valence-corrected chi connectivity index (χ1v) is 6.20. The van der Waals surface area contributed by atoms with Crippen molar-refractivity contribution in [3.8, 4) is 0 Å². The molecule has 1 nitrogen and oxygen atoms in total. The third-order valence-corrected chi connectivity index (χ3v) is 4.56. The van der Waals surface area contributed by atoms with Gasteiger partial charge in [-0.25, -0.2) is 0 Å². The van der Waals surface area contributed by atoms with Crippen molar-refractivity contribution in [3.63, 3.8) is 0 Å². The van der Waals surface area contributed by atoms with Crippen LogP contribution in [0.4, 0.5) is 0 Å². The van der Waals surface area contributed by atoms with Crippen LogP contribution < -0.4 is 0 Å². The lowest BCUT2D eigenvalue weighted by Gasteiger charge is -2.50. The number of fused-ring (bicyclic) bond motifs is 2. The van der Waals surface area contributed by atoms with Crippen LogP contribution in [-0.4, -0.2) is 24.0 Å². The summed E-state index contributed by atoms with van der Waals surface area (Å²) < 4.78 is 0. The van der Waals surface area contributed by atoms with Gasteiger partial charge >= 0.3 is 0 Å². The molecule has 82 valence electrons. The molecular weight excluding hydrogens is 170 g/mol. The maximum absolute atomic E-state index is 2.66. The average molecular weight is 195 g/mol. The number of rotatable bonds is 0. The SMILES string of the molecule is CN1[C@@H]2CCC[C@H]1CC(C(C)(C)C)C2. The van der Waals surface area contributed by atoms with Crippen molar-refractivity contribution in [2.75, 3.05) is 7.05 Å². The van der Waals surface area contributed by atoms with Crippen LogP contribution in [0.5, 0.6) is 0 Å². The molecule has 2 bridgehead atoms. The fourth-order valence-electron chi connectivity index (χ4n) is 3.32. The van der Waals surface area contributed by atoms with Crippen molar-refractivity contribution in [1.82, 2.24) is 4.90 Å². The molecule has 0 spiro atoms. The summed E-state index contributed by atoms with van der Waals surface area (Å²) >= 11 is 0. The van der Waals surface area contributed by atoms with Gasteiger partial charge in [0.15, 0.2) is 0 Å². The van der Waals surface area contributed by atoms with Gasteiger partial charge in [0.1, 0.15) is 0 Å². The van der Waals surface area contributed by atoms with E-state index in [0.29, 0.717) is 5.41 Å². The van der Waals surface area contributed by atoms with Crippen LogP contribution in [0.1, 0.15) is 52.9 Å². The Bertz CT molecular complexity index is 190. The molecule has 2 heterocycles. The van der Waals surface area contributed by atoms with E-state index in [1.54, 1.807) is 0 Å². The zero-order valence-electron chi connectivity index (χ0n) is 10.2. The van der Waals surface area contributed by atoms with Crippen molar-refractivity contribution in [3.05, 3.63) is 0 Å². The molecular formula is C13H25N. The molecule has 0 aromatic heterocycles. The number of piperidine rings is 2. The zero-order chi connectivity index (χ0) is 10.3. The van der Waals surface area contributed by atoms with Gasteiger partial charge in [-0.1, -0.05) is 27.2 Å².